The van der Waals surface area contributed by atoms with Gasteiger partial charge in [0.05, 0.1) is 10.6 Å². The number of likely N-dealkylation sites (N-methyl/N-ethyl adjacent to an activating group) is 1. The molecule has 2 heterocycles. The molecule has 0 amide bonds. The van der Waals surface area contributed by atoms with Gasteiger partial charge in [0, 0.05) is 25.2 Å². The van der Waals surface area contributed by atoms with Crippen LogP contribution >= 0.6 is 0 Å². The van der Waals surface area contributed by atoms with E-state index in [0.29, 0.717) is 16.5 Å². The Morgan fingerprint density at radius 3 is 2.44 bits per heavy atom. The number of hydrogen-bond donors (Lipinski definition) is 1. The molecule has 0 spiro atoms. The van der Waals surface area contributed by atoms with Gasteiger partial charge in [0.15, 0.2) is 0 Å². The van der Waals surface area contributed by atoms with Crippen LogP contribution in [0.5, 0.6) is 0 Å². The lowest BCUT2D eigenvalue weighted by atomic mass is 10.0. The number of ether oxygens (including phenoxy) is 1. The summed E-state index contributed by atoms with van der Waals surface area (Å²) >= 11 is 0. The Balaban J connectivity index is 1.78. The monoisotopic (exact) mass is 477 g/mol. The summed E-state index contributed by atoms with van der Waals surface area (Å²) in [6.45, 7) is -1.27. The van der Waals surface area contributed by atoms with Crippen LogP contribution in [0.1, 0.15) is 12.1 Å². The minimum atomic E-state index is -5.17. The second-order valence-electron chi connectivity index (χ2n) is 6.63. The van der Waals surface area contributed by atoms with Crippen LogP contribution in [0.25, 0.3) is 22.2 Å². The van der Waals surface area contributed by atoms with Crippen LogP contribution in [-0.2, 0) is 19.6 Å². The number of aromatic amines is 1. The highest BCUT2D eigenvalue weighted by atomic mass is 32.2. The summed E-state index contributed by atoms with van der Waals surface area (Å²) in [6, 6.07) is 8.34. The van der Waals surface area contributed by atoms with E-state index in [1.54, 1.807) is 6.07 Å². The van der Waals surface area contributed by atoms with Crippen LogP contribution in [0, 0.1) is 0 Å². The predicted molar refractivity (Wildman–Crippen MR) is 103 cm³/mol. The Labute approximate surface area is 178 Å². The molecular weight excluding hydrogens is 461 g/mol. The van der Waals surface area contributed by atoms with Crippen molar-refractivity contribution in [2.24, 2.45) is 0 Å². The molecule has 3 aromatic rings. The number of halogens is 5. The third kappa shape index (κ3) is 4.88. The maximum atomic E-state index is 13.0. The normalized spacial score (nSPS) is 12.6. The number of sulfonamides is 1. The van der Waals surface area contributed by atoms with Gasteiger partial charge in [-0.15, -0.1) is 0 Å². The van der Waals surface area contributed by atoms with Crippen molar-refractivity contribution >= 4 is 27.0 Å². The van der Waals surface area contributed by atoms with Crippen molar-refractivity contribution in [3.05, 3.63) is 48.3 Å². The van der Waals surface area contributed by atoms with E-state index in [9.17, 15) is 35.2 Å². The zero-order valence-corrected chi connectivity index (χ0v) is 17.2. The number of rotatable bonds is 7. The standard InChI is InChI=1S/C19H16F5N3O4S/c1-27(8-9-31-18(28)19(22,23)24)32(29,30)12-4-2-11(3-5-12)13-6-7-25-17-14(13)10-15(26-17)16(20)21/h2-7,10,16H,8-9H2,1H3,(H,25,26). The fraction of sp³-hybridized carbons (Fsp3) is 0.263. The molecule has 0 bridgehead atoms. The Hall–Kier alpha value is -3.06. The molecule has 0 fully saturated rings. The third-order valence-electron chi connectivity index (χ3n) is 4.53. The van der Waals surface area contributed by atoms with Gasteiger partial charge in [-0.1, -0.05) is 12.1 Å². The molecule has 32 heavy (non-hydrogen) atoms. The van der Waals surface area contributed by atoms with E-state index >= 15 is 0 Å². The minimum absolute atomic E-state index is 0.154. The summed E-state index contributed by atoms with van der Waals surface area (Å²) < 4.78 is 92.3. The number of fused-ring (bicyclic) bond motifs is 1. The average molecular weight is 477 g/mol. The molecule has 0 aliphatic carbocycles. The number of alkyl halides is 5. The van der Waals surface area contributed by atoms with Crippen molar-refractivity contribution in [3.63, 3.8) is 0 Å². The molecule has 0 aliphatic heterocycles. The molecule has 0 saturated heterocycles. The molecule has 7 nitrogen and oxygen atoms in total. The number of hydrogen-bond acceptors (Lipinski definition) is 5. The summed E-state index contributed by atoms with van der Waals surface area (Å²) in [4.78, 5) is 17.1. The summed E-state index contributed by atoms with van der Waals surface area (Å²) in [5.74, 6) is -2.41. The first kappa shape index (κ1) is 23.6. The number of pyridine rings is 1. The van der Waals surface area contributed by atoms with Gasteiger partial charge in [0.1, 0.15) is 12.3 Å². The smallest absolute Gasteiger partial charge is 0.458 e. The number of H-pyrrole nitrogens is 1. The number of carbonyl (C=O) groups excluding carboxylic acids is 1. The highest BCUT2D eigenvalue weighted by molar-refractivity contribution is 7.89. The lowest BCUT2D eigenvalue weighted by molar-refractivity contribution is -0.199. The molecule has 1 aromatic carbocycles. The Bertz CT molecular complexity index is 1220. The number of nitrogens with zero attached hydrogens (tertiary/aromatic N) is 2. The maximum absolute atomic E-state index is 13.0. The molecule has 2 aromatic heterocycles. The fourth-order valence-electron chi connectivity index (χ4n) is 2.87. The molecule has 13 heteroatoms. The largest absolute Gasteiger partial charge is 0.490 e. The highest BCUT2D eigenvalue weighted by Crippen LogP contribution is 2.31. The van der Waals surface area contributed by atoms with E-state index in [1.807, 2.05) is 0 Å². The Kier molecular flexibility index (Phi) is 6.51. The Morgan fingerprint density at radius 1 is 1.19 bits per heavy atom. The first-order valence-corrected chi connectivity index (χ1v) is 10.4. The Morgan fingerprint density at radius 2 is 1.84 bits per heavy atom. The van der Waals surface area contributed by atoms with E-state index in [0.717, 1.165) is 11.4 Å². The van der Waals surface area contributed by atoms with Gasteiger partial charge in [0.25, 0.3) is 6.43 Å². The quantitative estimate of drug-likeness (QED) is 0.412. The second-order valence-corrected chi connectivity index (χ2v) is 8.68. The van der Waals surface area contributed by atoms with Gasteiger partial charge >= 0.3 is 12.1 Å². The van der Waals surface area contributed by atoms with E-state index in [1.165, 1.54) is 36.5 Å². The van der Waals surface area contributed by atoms with Crippen LogP contribution in [0.15, 0.2) is 47.5 Å². The summed E-state index contributed by atoms with van der Waals surface area (Å²) in [6.07, 6.45) is -6.46. The van der Waals surface area contributed by atoms with Crippen LogP contribution in [-0.4, -0.2) is 55.0 Å². The highest BCUT2D eigenvalue weighted by Gasteiger charge is 2.41. The average Bonchev–Trinajstić information content (AvgIpc) is 3.18. The van der Waals surface area contributed by atoms with E-state index in [4.69, 9.17) is 0 Å². The van der Waals surface area contributed by atoms with Crippen molar-refractivity contribution in [2.75, 3.05) is 20.2 Å². The first-order valence-electron chi connectivity index (χ1n) is 8.97. The SMILES string of the molecule is CN(CCOC(=O)C(F)(F)F)S(=O)(=O)c1ccc(-c2ccnc3[nH]c(C(F)F)cc23)cc1. The van der Waals surface area contributed by atoms with Gasteiger partial charge in [-0.3, -0.25) is 0 Å². The summed E-state index contributed by atoms with van der Waals surface area (Å²) in [7, 11) is -2.95. The maximum Gasteiger partial charge on any atom is 0.490 e. The van der Waals surface area contributed by atoms with E-state index < -0.39 is 41.7 Å². The number of aromatic nitrogens is 2. The van der Waals surface area contributed by atoms with Crippen molar-refractivity contribution in [1.29, 1.82) is 0 Å². The molecule has 0 atom stereocenters. The van der Waals surface area contributed by atoms with Crippen LogP contribution in [0.2, 0.25) is 0 Å². The van der Waals surface area contributed by atoms with Gasteiger partial charge in [-0.25, -0.2) is 27.0 Å². The van der Waals surface area contributed by atoms with Crippen LogP contribution in [0.3, 0.4) is 0 Å². The van der Waals surface area contributed by atoms with Gasteiger partial charge in [-0.2, -0.15) is 17.5 Å². The molecular formula is C19H16F5N3O4S. The first-order chi connectivity index (χ1) is 14.9. The van der Waals surface area contributed by atoms with Crippen molar-refractivity contribution in [2.45, 2.75) is 17.5 Å². The van der Waals surface area contributed by atoms with Crippen molar-refractivity contribution < 1.29 is 39.9 Å². The molecule has 0 radical (unpaired) electrons. The van der Waals surface area contributed by atoms with Gasteiger partial charge in [-0.05, 0) is 35.4 Å². The van der Waals surface area contributed by atoms with E-state index in [2.05, 4.69) is 14.7 Å². The lowest BCUT2D eigenvalue weighted by Gasteiger charge is -2.17. The lowest BCUT2D eigenvalue weighted by Crippen LogP contribution is -2.33. The van der Waals surface area contributed by atoms with Crippen molar-refractivity contribution in [3.8, 4) is 11.1 Å². The van der Waals surface area contributed by atoms with Gasteiger partial charge in [0.2, 0.25) is 10.0 Å². The topological polar surface area (TPSA) is 92.4 Å². The predicted octanol–water partition coefficient (Wildman–Crippen LogP) is 3.89. The molecule has 0 unspecified atom stereocenters. The number of carbonyl (C=O) groups is 1. The zero-order valence-electron chi connectivity index (χ0n) is 16.4. The van der Waals surface area contributed by atoms with E-state index in [-0.39, 0.29) is 16.2 Å². The molecule has 0 aliphatic rings. The zero-order chi connectivity index (χ0) is 23.7. The second kappa shape index (κ2) is 8.82. The summed E-state index contributed by atoms with van der Waals surface area (Å²) in [5, 5.41) is 0.432. The van der Waals surface area contributed by atoms with Gasteiger partial charge < -0.3 is 9.72 Å². The molecule has 1 N–H and O–H groups in total. The number of esters is 1. The fourth-order valence-corrected chi connectivity index (χ4v) is 4.03. The molecule has 172 valence electrons. The molecule has 3 rings (SSSR count). The number of nitrogens with one attached hydrogen (secondary N) is 1. The van der Waals surface area contributed by atoms with Crippen LogP contribution in [0.4, 0.5) is 22.0 Å². The third-order valence-corrected chi connectivity index (χ3v) is 6.40. The van der Waals surface area contributed by atoms with Crippen molar-refractivity contribution in [1.82, 2.24) is 14.3 Å². The summed E-state index contributed by atoms with van der Waals surface area (Å²) in [5.41, 5.74) is 1.04. The minimum Gasteiger partial charge on any atom is -0.458 e. The number of benzene rings is 1. The molecule has 0 saturated carbocycles. The van der Waals surface area contributed by atoms with Crippen LogP contribution < -0.4 is 0 Å².